The molecule has 0 radical (unpaired) electrons. The van der Waals surface area contributed by atoms with E-state index < -0.39 is 0 Å². The lowest BCUT2D eigenvalue weighted by molar-refractivity contribution is -0.155. The molecular weight excluding hydrogens is 267 g/mol. The monoisotopic (exact) mass is 280 g/mol. The lowest BCUT2D eigenvalue weighted by atomic mass is 9.97. The van der Waals surface area contributed by atoms with Crippen molar-refractivity contribution in [2.75, 3.05) is 4.43 Å². The van der Waals surface area contributed by atoms with Crippen molar-refractivity contribution in [3.8, 4) is 0 Å². The fourth-order valence-electron chi connectivity index (χ4n) is 2.55. The number of hydrogen-bond donors (Lipinski definition) is 0. The molecule has 0 atom stereocenters. The maximum Gasteiger partial charge on any atom is 0.316 e. The van der Waals surface area contributed by atoms with E-state index in [1.165, 1.54) is 12.8 Å². The van der Waals surface area contributed by atoms with Gasteiger partial charge in [-0.2, -0.15) is 0 Å². The molecule has 2 aliphatic rings. The molecule has 2 aliphatic carbocycles. The van der Waals surface area contributed by atoms with Gasteiger partial charge in [-0.1, -0.05) is 22.6 Å². The van der Waals surface area contributed by atoms with Crippen LogP contribution in [0, 0.1) is 5.92 Å². The normalized spacial score (nSPS) is 38.6. The van der Waals surface area contributed by atoms with Gasteiger partial charge in [0, 0.05) is 0 Å². The molecule has 3 heteroatoms. The van der Waals surface area contributed by atoms with Crippen LogP contribution in [0.3, 0.4) is 0 Å². The Balaban J connectivity index is 1.98. The topological polar surface area (TPSA) is 26.3 Å². The summed E-state index contributed by atoms with van der Waals surface area (Å²) in [7, 11) is 0. The smallest absolute Gasteiger partial charge is 0.316 e. The highest BCUT2D eigenvalue weighted by Crippen LogP contribution is 2.49. The summed E-state index contributed by atoms with van der Waals surface area (Å²) in [5.41, 5.74) is -0.0209. The molecule has 0 unspecified atom stereocenters. The van der Waals surface area contributed by atoms with Crippen molar-refractivity contribution in [2.45, 2.75) is 37.7 Å². The second-order valence-corrected chi connectivity index (χ2v) is 4.70. The number of hydrogen-bond acceptors (Lipinski definition) is 2. The lowest BCUT2D eigenvalue weighted by Gasteiger charge is -2.26. The summed E-state index contributed by atoms with van der Waals surface area (Å²) in [6.45, 7) is 0. The zero-order chi connectivity index (χ0) is 8.60. The number of esters is 1. The third kappa shape index (κ3) is 1.47. The van der Waals surface area contributed by atoms with E-state index in [0.29, 0.717) is 4.43 Å². The van der Waals surface area contributed by atoms with Crippen LogP contribution in [-0.4, -0.2) is 16.0 Å². The molecule has 2 bridgehead atoms. The molecule has 68 valence electrons. The SMILES string of the molecule is O=C(CI)OC12CCC(CC1)C2. The molecule has 0 aromatic carbocycles. The minimum absolute atomic E-state index is 0.0209. The molecule has 0 spiro atoms. The number of rotatable bonds is 2. The zero-order valence-corrected chi connectivity index (χ0v) is 9.17. The Labute approximate surface area is 86.2 Å². The first kappa shape index (κ1) is 8.78. The van der Waals surface area contributed by atoms with E-state index in [0.717, 1.165) is 25.2 Å². The van der Waals surface area contributed by atoms with Crippen LogP contribution in [0.5, 0.6) is 0 Å². The number of fused-ring (bicyclic) bond motifs is 2. The maximum atomic E-state index is 11.1. The van der Waals surface area contributed by atoms with Crippen molar-refractivity contribution in [2.24, 2.45) is 5.92 Å². The standard InChI is InChI=1S/C9H13IO2/c10-6-8(11)12-9-3-1-7(5-9)2-4-9/h7H,1-6H2. The van der Waals surface area contributed by atoms with Crippen molar-refractivity contribution in [1.29, 1.82) is 0 Å². The quantitative estimate of drug-likeness (QED) is 0.441. The van der Waals surface area contributed by atoms with Gasteiger partial charge in [-0.3, -0.25) is 4.79 Å². The minimum Gasteiger partial charge on any atom is -0.458 e. The van der Waals surface area contributed by atoms with Gasteiger partial charge in [-0.25, -0.2) is 0 Å². The molecule has 2 fully saturated rings. The van der Waals surface area contributed by atoms with Crippen molar-refractivity contribution in [1.82, 2.24) is 0 Å². The fraction of sp³-hybridized carbons (Fsp3) is 0.889. The first-order chi connectivity index (χ1) is 5.74. The molecule has 0 heterocycles. The Bertz CT molecular complexity index is 195. The van der Waals surface area contributed by atoms with Crippen LogP contribution >= 0.6 is 22.6 Å². The zero-order valence-electron chi connectivity index (χ0n) is 7.01. The molecule has 2 rings (SSSR count). The van der Waals surface area contributed by atoms with Gasteiger partial charge in [0.25, 0.3) is 0 Å². The van der Waals surface area contributed by atoms with E-state index in [1.807, 2.05) is 0 Å². The van der Waals surface area contributed by atoms with Gasteiger partial charge < -0.3 is 4.74 Å². The van der Waals surface area contributed by atoms with E-state index >= 15 is 0 Å². The molecule has 0 aromatic heterocycles. The fourth-order valence-corrected chi connectivity index (χ4v) is 2.71. The summed E-state index contributed by atoms with van der Waals surface area (Å²) in [5.74, 6) is 0.824. The number of ether oxygens (including phenoxy) is 1. The Kier molecular flexibility index (Phi) is 2.31. The molecule has 2 nitrogen and oxygen atoms in total. The highest BCUT2D eigenvalue weighted by molar-refractivity contribution is 14.1. The van der Waals surface area contributed by atoms with Crippen molar-refractivity contribution < 1.29 is 9.53 Å². The average Bonchev–Trinajstić information content (AvgIpc) is 2.63. The van der Waals surface area contributed by atoms with Crippen LogP contribution in [0.4, 0.5) is 0 Å². The summed E-state index contributed by atoms with van der Waals surface area (Å²) >= 11 is 2.06. The Morgan fingerprint density at radius 1 is 1.50 bits per heavy atom. The van der Waals surface area contributed by atoms with Crippen LogP contribution in [0.15, 0.2) is 0 Å². The van der Waals surface area contributed by atoms with Gasteiger partial charge in [0.2, 0.25) is 0 Å². The average molecular weight is 280 g/mol. The predicted molar refractivity (Wildman–Crippen MR) is 54.3 cm³/mol. The number of alkyl halides is 1. The van der Waals surface area contributed by atoms with Gasteiger partial charge >= 0.3 is 5.97 Å². The van der Waals surface area contributed by atoms with Crippen molar-refractivity contribution in [3.05, 3.63) is 0 Å². The van der Waals surface area contributed by atoms with Gasteiger partial charge in [-0.15, -0.1) is 0 Å². The molecule has 0 saturated heterocycles. The Morgan fingerprint density at radius 2 is 2.17 bits per heavy atom. The summed E-state index contributed by atoms with van der Waals surface area (Å²) in [6, 6.07) is 0. The molecule has 0 amide bonds. The minimum atomic E-state index is -0.0295. The van der Waals surface area contributed by atoms with Gasteiger partial charge in [-0.05, 0) is 38.0 Å². The number of carbonyl (C=O) groups excluding carboxylic acids is 1. The number of halogens is 1. The van der Waals surface area contributed by atoms with E-state index in [9.17, 15) is 4.79 Å². The third-order valence-electron chi connectivity index (χ3n) is 3.12. The first-order valence-corrected chi connectivity index (χ1v) is 6.04. The molecule has 2 saturated carbocycles. The lowest BCUT2D eigenvalue weighted by Crippen LogP contribution is -2.30. The number of carbonyl (C=O) groups is 1. The molecule has 0 aromatic rings. The van der Waals surface area contributed by atoms with Crippen LogP contribution < -0.4 is 0 Å². The summed E-state index contributed by atoms with van der Waals surface area (Å²) in [6.07, 6.45) is 5.90. The third-order valence-corrected chi connectivity index (χ3v) is 3.74. The van der Waals surface area contributed by atoms with Gasteiger partial charge in [0.05, 0.1) is 4.43 Å². The summed E-state index contributed by atoms with van der Waals surface area (Å²) in [4.78, 5) is 11.1. The van der Waals surface area contributed by atoms with Crippen molar-refractivity contribution in [3.63, 3.8) is 0 Å². The molecule has 12 heavy (non-hydrogen) atoms. The van der Waals surface area contributed by atoms with Crippen LogP contribution in [0.2, 0.25) is 0 Å². The molecule has 0 aliphatic heterocycles. The molecular formula is C9H13IO2. The van der Waals surface area contributed by atoms with Crippen LogP contribution in [-0.2, 0) is 9.53 Å². The largest absolute Gasteiger partial charge is 0.458 e. The predicted octanol–water partition coefficient (Wildman–Crippen LogP) is 2.30. The van der Waals surface area contributed by atoms with E-state index in [2.05, 4.69) is 22.6 Å². The second kappa shape index (κ2) is 3.16. The maximum absolute atomic E-state index is 11.1. The summed E-state index contributed by atoms with van der Waals surface area (Å²) < 4.78 is 5.98. The van der Waals surface area contributed by atoms with Crippen LogP contribution in [0.25, 0.3) is 0 Å². The van der Waals surface area contributed by atoms with Crippen molar-refractivity contribution >= 4 is 28.6 Å². The highest BCUT2D eigenvalue weighted by Gasteiger charge is 2.47. The Morgan fingerprint density at radius 3 is 2.58 bits per heavy atom. The molecule has 0 N–H and O–H groups in total. The van der Waals surface area contributed by atoms with Crippen LogP contribution in [0.1, 0.15) is 32.1 Å². The van der Waals surface area contributed by atoms with E-state index in [-0.39, 0.29) is 11.6 Å². The van der Waals surface area contributed by atoms with E-state index in [4.69, 9.17) is 4.74 Å². The van der Waals surface area contributed by atoms with E-state index in [1.54, 1.807) is 0 Å². The summed E-state index contributed by atoms with van der Waals surface area (Å²) in [5, 5.41) is 0. The highest BCUT2D eigenvalue weighted by atomic mass is 127. The Hall–Kier alpha value is 0.200. The first-order valence-electron chi connectivity index (χ1n) is 4.52. The second-order valence-electron chi connectivity index (χ2n) is 3.94. The van der Waals surface area contributed by atoms with Gasteiger partial charge in [0.1, 0.15) is 5.60 Å². The van der Waals surface area contributed by atoms with Gasteiger partial charge in [0.15, 0.2) is 0 Å².